The smallest absolute Gasteiger partial charge is 0.175 e. The number of imidazole rings is 1. The first-order chi connectivity index (χ1) is 14.2. The third-order valence-corrected chi connectivity index (χ3v) is 5.12. The zero-order valence-corrected chi connectivity index (χ0v) is 18.6. The van der Waals surface area contributed by atoms with Crippen LogP contribution in [-0.2, 0) is 19.7 Å². The number of hydrogen-bond acceptors (Lipinski definition) is 4. The topological polar surface area (TPSA) is 48.3 Å². The van der Waals surface area contributed by atoms with E-state index in [-0.39, 0.29) is 0 Å². The molecule has 1 heterocycles. The van der Waals surface area contributed by atoms with Gasteiger partial charge in [-0.2, -0.15) is 0 Å². The first-order valence-corrected chi connectivity index (χ1v) is 10.7. The average molecular weight is 458 g/mol. The zero-order chi connectivity index (χ0) is 20.5. The van der Waals surface area contributed by atoms with E-state index in [4.69, 9.17) is 9.47 Å². The van der Waals surface area contributed by atoms with Crippen LogP contribution in [0.3, 0.4) is 0 Å². The molecular weight excluding hydrogens is 430 g/mol. The molecule has 2 aromatic carbocycles. The maximum Gasteiger partial charge on any atom is 0.175 e. The van der Waals surface area contributed by atoms with E-state index < -0.39 is 0 Å². The number of aromatic nitrogens is 2. The number of hydrogen-bond donors (Lipinski definition) is 1. The van der Waals surface area contributed by atoms with Crippen LogP contribution in [0.15, 0.2) is 59.6 Å². The first-order valence-electron chi connectivity index (χ1n) is 9.95. The maximum atomic E-state index is 6.08. The molecule has 6 heteroatoms. The Morgan fingerprint density at radius 1 is 1.10 bits per heavy atom. The summed E-state index contributed by atoms with van der Waals surface area (Å²) in [6.07, 6.45) is 6.69. The Labute approximate surface area is 181 Å². The predicted molar refractivity (Wildman–Crippen MR) is 119 cm³/mol. The molecule has 0 atom stereocenters. The fraction of sp³-hybridized carbons (Fsp3) is 0.348. The Hall–Kier alpha value is -2.31. The van der Waals surface area contributed by atoms with E-state index >= 15 is 0 Å². The Morgan fingerprint density at radius 2 is 1.93 bits per heavy atom. The fourth-order valence-electron chi connectivity index (χ4n) is 3.00. The normalized spacial score (nSPS) is 10.9. The van der Waals surface area contributed by atoms with Crippen molar-refractivity contribution < 1.29 is 9.47 Å². The number of rotatable bonds is 11. The van der Waals surface area contributed by atoms with Crippen LogP contribution in [0.2, 0.25) is 0 Å². The van der Waals surface area contributed by atoms with Crippen LogP contribution in [0.25, 0.3) is 0 Å². The third kappa shape index (κ3) is 6.61. The van der Waals surface area contributed by atoms with Gasteiger partial charge in [0.2, 0.25) is 0 Å². The molecule has 0 aliphatic carbocycles. The molecule has 0 bridgehead atoms. The lowest BCUT2D eigenvalue weighted by molar-refractivity contribution is 0.267. The highest BCUT2D eigenvalue weighted by molar-refractivity contribution is 9.10. The van der Waals surface area contributed by atoms with E-state index in [1.54, 1.807) is 0 Å². The van der Waals surface area contributed by atoms with Crippen molar-refractivity contribution in [3.63, 3.8) is 0 Å². The van der Waals surface area contributed by atoms with Gasteiger partial charge in [0.25, 0.3) is 0 Å². The molecule has 0 aliphatic rings. The quantitative estimate of drug-likeness (QED) is 0.406. The summed E-state index contributed by atoms with van der Waals surface area (Å²) in [5, 5.41) is 3.49. The van der Waals surface area contributed by atoms with Crippen LogP contribution >= 0.6 is 15.9 Å². The number of benzene rings is 2. The lowest BCUT2D eigenvalue weighted by Gasteiger charge is -2.16. The highest BCUT2D eigenvalue weighted by atomic mass is 79.9. The molecule has 154 valence electrons. The van der Waals surface area contributed by atoms with Crippen LogP contribution in [0.4, 0.5) is 0 Å². The number of nitrogens with one attached hydrogen (secondary N) is 1. The van der Waals surface area contributed by atoms with Crippen molar-refractivity contribution in [3.8, 4) is 11.5 Å². The average Bonchev–Trinajstić information content (AvgIpc) is 3.22. The lowest BCUT2D eigenvalue weighted by Crippen LogP contribution is -2.16. The van der Waals surface area contributed by atoms with Crippen molar-refractivity contribution in [2.24, 2.45) is 0 Å². The Balaban J connectivity index is 1.57. The molecule has 0 unspecified atom stereocenters. The molecule has 1 aromatic heterocycles. The van der Waals surface area contributed by atoms with Crippen LogP contribution in [0.5, 0.6) is 11.5 Å². The van der Waals surface area contributed by atoms with Gasteiger partial charge in [-0.1, -0.05) is 29.8 Å². The molecule has 3 aromatic rings. The molecule has 0 saturated heterocycles. The minimum absolute atomic E-state index is 0.505. The van der Waals surface area contributed by atoms with Crippen LogP contribution in [0, 0.1) is 6.92 Å². The number of aryl methyl sites for hydroxylation is 2. The van der Waals surface area contributed by atoms with Gasteiger partial charge in [0.15, 0.2) is 11.5 Å². The lowest BCUT2D eigenvalue weighted by atomic mass is 10.1. The summed E-state index contributed by atoms with van der Waals surface area (Å²) >= 11 is 3.66. The molecule has 0 radical (unpaired) electrons. The largest absolute Gasteiger partial charge is 0.490 e. The van der Waals surface area contributed by atoms with E-state index in [9.17, 15) is 0 Å². The number of ether oxygens (including phenoxy) is 2. The van der Waals surface area contributed by atoms with Gasteiger partial charge in [0.05, 0.1) is 17.4 Å². The summed E-state index contributed by atoms with van der Waals surface area (Å²) in [6, 6.07) is 12.5. The van der Waals surface area contributed by atoms with Gasteiger partial charge >= 0.3 is 0 Å². The van der Waals surface area contributed by atoms with Crippen molar-refractivity contribution in [3.05, 3.63) is 76.3 Å². The van der Waals surface area contributed by atoms with Crippen molar-refractivity contribution in [2.75, 3.05) is 13.2 Å². The molecule has 29 heavy (non-hydrogen) atoms. The highest BCUT2D eigenvalue weighted by Crippen LogP contribution is 2.37. The zero-order valence-electron chi connectivity index (χ0n) is 17.0. The number of halogens is 1. The van der Waals surface area contributed by atoms with Gasteiger partial charge in [0.1, 0.15) is 6.61 Å². The molecule has 5 nitrogen and oxygen atoms in total. The minimum Gasteiger partial charge on any atom is -0.490 e. The first kappa shape index (κ1) is 21.4. The van der Waals surface area contributed by atoms with E-state index in [2.05, 4.69) is 74.1 Å². The molecule has 3 rings (SSSR count). The molecule has 1 N–H and O–H groups in total. The molecule has 0 aliphatic heterocycles. The minimum atomic E-state index is 0.505. The van der Waals surface area contributed by atoms with E-state index in [0.717, 1.165) is 53.2 Å². The van der Waals surface area contributed by atoms with Crippen LogP contribution in [-0.4, -0.2) is 22.7 Å². The molecule has 0 spiro atoms. The SMILES string of the molecule is CCOc1cc(CNCCCn2ccnc2)cc(Br)c1OCc1ccc(C)cc1. The summed E-state index contributed by atoms with van der Waals surface area (Å²) in [7, 11) is 0. The Bertz CT molecular complexity index is 880. The summed E-state index contributed by atoms with van der Waals surface area (Å²) in [6.45, 7) is 7.84. The number of nitrogens with zero attached hydrogens (tertiary/aromatic N) is 2. The second-order valence-corrected chi connectivity index (χ2v) is 7.80. The second-order valence-electron chi connectivity index (χ2n) is 6.94. The van der Waals surface area contributed by atoms with Crippen molar-refractivity contribution in [1.29, 1.82) is 0 Å². The fourth-order valence-corrected chi connectivity index (χ4v) is 3.61. The highest BCUT2D eigenvalue weighted by Gasteiger charge is 2.12. The van der Waals surface area contributed by atoms with E-state index in [0.29, 0.717) is 13.2 Å². The monoisotopic (exact) mass is 457 g/mol. The van der Waals surface area contributed by atoms with Crippen molar-refractivity contribution in [2.45, 2.75) is 40.0 Å². The summed E-state index contributed by atoms with van der Waals surface area (Å²) in [5.74, 6) is 1.51. The molecule has 0 amide bonds. The van der Waals surface area contributed by atoms with Gasteiger partial charge in [-0.25, -0.2) is 4.98 Å². The summed E-state index contributed by atoms with van der Waals surface area (Å²) in [5.41, 5.74) is 3.53. The Kier molecular flexibility index (Phi) is 8.14. The second kappa shape index (κ2) is 11.0. The molecule has 0 fully saturated rings. The van der Waals surface area contributed by atoms with Crippen molar-refractivity contribution >= 4 is 15.9 Å². The van der Waals surface area contributed by atoms with Gasteiger partial charge < -0.3 is 19.4 Å². The maximum absolute atomic E-state index is 6.08. The molecular formula is C23H28BrN3O2. The summed E-state index contributed by atoms with van der Waals surface area (Å²) in [4.78, 5) is 4.06. The van der Waals surface area contributed by atoms with Gasteiger partial charge in [-0.05, 0) is 66.0 Å². The summed E-state index contributed by atoms with van der Waals surface area (Å²) < 4.78 is 14.9. The predicted octanol–water partition coefficient (Wildman–Crippen LogP) is 5.11. The Morgan fingerprint density at radius 3 is 2.66 bits per heavy atom. The van der Waals surface area contributed by atoms with Gasteiger partial charge in [-0.3, -0.25) is 0 Å². The van der Waals surface area contributed by atoms with E-state index in [1.165, 1.54) is 5.56 Å². The molecule has 0 saturated carbocycles. The van der Waals surface area contributed by atoms with E-state index in [1.807, 2.05) is 25.6 Å². The standard InChI is InChI=1S/C23H28BrN3O2/c1-3-28-22-14-20(15-25-9-4-11-27-12-10-26-17-27)13-21(24)23(22)29-16-19-7-5-18(2)6-8-19/h5-8,10,12-14,17,25H,3-4,9,11,15-16H2,1-2H3. The van der Waals surface area contributed by atoms with Gasteiger partial charge in [0, 0.05) is 25.5 Å². The van der Waals surface area contributed by atoms with Crippen molar-refractivity contribution in [1.82, 2.24) is 14.9 Å². The van der Waals surface area contributed by atoms with Crippen LogP contribution in [0.1, 0.15) is 30.0 Å². The van der Waals surface area contributed by atoms with Gasteiger partial charge in [-0.15, -0.1) is 0 Å². The third-order valence-electron chi connectivity index (χ3n) is 4.53. The van der Waals surface area contributed by atoms with Crippen LogP contribution < -0.4 is 14.8 Å².